The Bertz CT molecular complexity index is 486. The number of urea groups is 1. The van der Waals surface area contributed by atoms with Gasteiger partial charge in [0.1, 0.15) is 5.75 Å². The van der Waals surface area contributed by atoms with Crippen molar-refractivity contribution in [1.82, 2.24) is 4.72 Å². The molecule has 0 saturated heterocycles. The third-order valence-electron chi connectivity index (χ3n) is 2.01. The number of alkyl halides is 3. The molecule has 0 spiro atoms. The van der Waals surface area contributed by atoms with E-state index in [0.717, 1.165) is 18.0 Å². The fraction of sp³-hybridized carbons (Fsp3) is 0.364. The van der Waals surface area contributed by atoms with E-state index >= 15 is 0 Å². The number of rotatable bonds is 6. The highest BCUT2D eigenvalue weighted by Crippen LogP contribution is 2.33. The number of carbonyl (C=O) groups is 1. The summed E-state index contributed by atoms with van der Waals surface area (Å²) in [5, 5.41) is 2.54. The van der Waals surface area contributed by atoms with Crippen molar-refractivity contribution in [2.45, 2.75) is 11.3 Å². The van der Waals surface area contributed by atoms with Crippen LogP contribution in [0.1, 0.15) is 0 Å². The molecule has 0 fully saturated rings. The topological polar surface area (TPSA) is 76.4 Å². The Morgan fingerprint density at radius 3 is 2.71 bits per heavy atom. The molecule has 0 aromatic heterocycles. The van der Waals surface area contributed by atoms with E-state index in [-0.39, 0.29) is 5.75 Å². The highest BCUT2D eigenvalue weighted by molar-refractivity contribution is 7.99. The molecule has 0 bridgehead atoms. The van der Waals surface area contributed by atoms with Gasteiger partial charge in [0.25, 0.3) is 0 Å². The molecule has 1 rings (SSSR count). The first-order valence-electron chi connectivity index (χ1n) is 5.68. The number of amides is 2. The Labute approximate surface area is 128 Å². The number of anilines is 1. The van der Waals surface area contributed by atoms with Crippen LogP contribution in [0.2, 0.25) is 0 Å². The van der Waals surface area contributed by atoms with Crippen molar-refractivity contribution in [2.24, 2.45) is 5.73 Å². The first-order chi connectivity index (χ1) is 9.85. The number of nitrogens with two attached hydrogens (primary N) is 1. The molecule has 0 radical (unpaired) electrons. The lowest BCUT2D eigenvalue weighted by atomic mass is 10.3. The monoisotopic (exact) mass is 341 g/mol. The van der Waals surface area contributed by atoms with Gasteiger partial charge in [-0.2, -0.15) is 0 Å². The molecule has 0 unspecified atom stereocenters. The second kappa shape index (κ2) is 8.25. The maximum atomic E-state index is 12.2. The van der Waals surface area contributed by atoms with Crippen LogP contribution >= 0.6 is 23.7 Å². The van der Waals surface area contributed by atoms with Crippen LogP contribution in [0.15, 0.2) is 23.1 Å². The van der Waals surface area contributed by atoms with Crippen LogP contribution < -0.4 is 20.5 Å². The summed E-state index contributed by atoms with van der Waals surface area (Å²) in [7, 11) is 0. The Kier molecular flexibility index (Phi) is 6.99. The summed E-state index contributed by atoms with van der Waals surface area (Å²) >= 11 is 2.33. The normalized spacial score (nSPS) is 11.1. The van der Waals surface area contributed by atoms with E-state index in [1.807, 2.05) is 0 Å². The largest absolute Gasteiger partial charge is 0.573 e. The van der Waals surface area contributed by atoms with Gasteiger partial charge < -0.3 is 15.8 Å². The maximum Gasteiger partial charge on any atom is 0.573 e. The molecule has 118 valence electrons. The van der Waals surface area contributed by atoms with Crippen molar-refractivity contribution in [3.8, 4) is 5.75 Å². The predicted octanol–water partition coefficient (Wildman–Crippen LogP) is 3.04. The van der Waals surface area contributed by atoms with Crippen molar-refractivity contribution in [1.29, 1.82) is 0 Å². The lowest BCUT2D eigenvalue weighted by Gasteiger charge is -2.14. The lowest BCUT2D eigenvalue weighted by molar-refractivity contribution is -0.274. The average Bonchev–Trinajstić information content (AvgIpc) is 2.37. The van der Waals surface area contributed by atoms with Gasteiger partial charge in [0, 0.05) is 23.4 Å². The minimum atomic E-state index is -4.76. The minimum Gasteiger partial charge on any atom is -0.406 e. The molecule has 2 amide bonds. The van der Waals surface area contributed by atoms with E-state index < -0.39 is 12.4 Å². The SMILES string of the molecule is CSNC(=O)Nc1ccc(OC(F)(F)F)cc1SCCN. The number of carbonyl (C=O) groups excluding carboxylic acids is 1. The molecule has 0 aliphatic rings. The molecular formula is C11H14F3N3O2S2. The van der Waals surface area contributed by atoms with Gasteiger partial charge in [-0.15, -0.1) is 24.9 Å². The molecule has 0 heterocycles. The fourth-order valence-electron chi connectivity index (χ4n) is 1.33. The Morgan fingerprint density at radius 2 is 2.14 bits per heavy atom. The number of benzene rings is 1. The summed E-state index contributed by atoms with van der Waals surface area (Å²) in [5.41, 5.74) is 5.76. The molecule has 0 atom stereocenters. The maximum absolute atomic E-state index is 12.2. The number of hydrogen-bond acceptors (Lipinski definition) is 5. The lowest BCUT2D eigenvalue weighted by Crippen LogP contribution is -2.23. The van der Waals surface area contributed by atoms with Crippen LogP contribution in [0.5, 0.6) is 5.75 Å². The minimum absolute atomic E-state index is 0.349. The Hall–Kier alpha value is -1.26. The summed E-state index contributed by atoms with van der Waals surface area (Å²) < 4.78 is 42.9. The van der Waals surface area contributed by atoms with Crippen LogP contribution in [0.3, 0.4) is 0 Å². The van der Waals surface area contributed by atoms with Gasteiger partial charge >= 0.3 is 12.4 Å². The van der Waals surface area contributed by atoms with E-state index in [1.54, 1.807) is 6.26 Å². The van der Waals surface area contributed by atoms with E-state index in [0.29, 0.717) is 22.9 Å². The van der Waals surface area contributed by atoms with Crippen molar-refractivity contribution in [3.05, 3.63) is 18.2 Å². The van der Waals surface area contributed by atoms with Gasteiger partial charge in [-0.25, -0.2) is 4.79 Å². The van der Waals surface area contributed by atoms with Gasteiger partial charge in [0.15, 0.2) is 0 Å². The second-order valence-corrected chi connectivity index (χ2v) is 5.35. The first-order valence-corrected chi connectivity index (χ1v) is 7.89. The highest BCUT2D eigenvalue weighted by Gasteiger charge is 2.31. The number of ether oxygens (including phenoxy) is 1. The van der Waals surface area contributed by atoms with E-state index in [2.05, 4.69) is 14.8 Å². The molecule has 0 aliphatic heterocycles. The van der Waals surface area contributed by atoms with Crippen LogP contribution in [-0.4, -0.2) is 30.9 Å². The number of thioether (sulfide) groups is 1. The summed E-state index contributed by atoms with van der Waals surface area (Å²) in [6.07, 6.45) is -3.09. The van der Waals surface area contributed by atoms with Crippen LogP contribution in [0.25, 0.3) is 0 Å². The molecule has 0 saturated carbocycles. The fourth-order valence-corrected chi connectivity index (χ4v) is 2.38. The highest BCUT2D eigenvalue weighted by atomic mass is 32.2. The second-order valence-electron chi connectivity index (χ2n) is 3.60. The standard InChI is InChI=1S/C11H14F3N3O2S2/c1-20-17-10(18)16-8-3-2-7(19-11(12,13)14)6-9(8)21-5-4-15/h2-3,6H,4-5,15H2,1H3,(H2,16,17,18). The molecule has 10 heteroatoms. The summed E-state index contributed by atoms with van der Waals surface area (Å²) in [4.78, 5) is 11.9. The predicted molar refractivity (Wildman–Crippen MR) is 78.6 cm³/mol. The van der Waals surface area contributed by atoms with Gasteiger partial charge in [0.05, 0.1) is 5.69 Å². The van der Waals surface area contributed by atoms with Crippen molar-refractivity contribution < 1.29 is 22.7 Å². The third kappa shape index (κ3) is 6.82. The Balaban J connectivity index is 2.93. The zero-order chi connectivity index (χ0) is 15.9. The zero-order valence-electron chi connectivity index (χ0n) is 11.0. The smallest absolute Gasteiger partial charge is 0.406 e. The van der Waals surface area contributed by atoms with Crippen LogP contribution in [0.4, 0.5) is 23.7 Å². The number of halogens is 3. The zero-order valence-corrected chi connectivity index (χ0v) is 12.6. The van der Waals surface area contributed by atoms with Gasteiger partial charge in [-0.05, 0) is 18.2 Å². The Morgan fingerprint density at radius 1 is 1.43 bits per heavy atom. The number of nitrogens with one attached hydrogen (secondary N) is 2. The molecule has 4 N–H and O–H groups in total. The molecule has 21 heavy (non-hydrogen) atoms. The average molecular weight is 341 g/mol. The molecule has 1 aromatic rings. The van der Waals surface area contributed by atoms with Gasteiger partial charge in [-0.3, -0.25) is 4.72 Å². The summed E-state index contributed by atoms with van der Waals surface area (Å²) in [6, 6.07) is 3.22. The van der Waals surface area contributed by atoms with Crippen molar-refractivity contribution >= 4 is 35.4 Å². The van der Waals surface area contributed by atoms with Gasteiger partial charge in [-0.1, -0.05) is 11.9 Å². The number of hydrogen-bond donors (Lipinski definition) is 3. The molecule has 0 aliphatic carbocycles. The first kappa shape index (κ1) is 17.8. The quantitative estimate of drug-likeness (QED) is 0.548. The molecular weight excluding hydrogens is 327 g/mol. The van der Waals surface area contributed by atoms with E-state index in [1.165, 1.54) is 23.9 Å². The summed E-state index contributed by atoms with van der Waals surface area (Å²) in [6.45, 7) is 0.353. The van der Waals surface area contributed by atoms with Crippen LogP contribution in [0, 0.1) is 0 Å². The molecule has 5 nitrogen and oxygen atoms in total. The van der Waals surface area contributed by atoms with E-state index in [9.17, 15) is 18.0 Å². The van der Waals surface area contributed by atoms with Crippen molar-refractivity contribution in [3.63, 3.8) is 0 Å². The molecule has 1 aromatic carbocycles. The van der Waals surface area contributed by atoms with E-state index in [4.69, 9.17) is 5.73 Å². The summed E-state index contributed by atoms with van der Waals surface area (Å²) in [5.74, 6) is 0.145. The van der Waals surface area contributed by atoms with Gasteiger partial charge in [0.2, 0.25) is 0 Å². The van der Waals surface area contributed by atoms with Crippen LogP contribution in [-0.2, 0) is 0 Å². The third-order valence-corrected chi connectivity index (χ3v) is 3.48. The van der Waals surface area contributed by atoms with Crippen molar-refractivity contribution in [2.75, 3.05) is 23.9 Å².